The van der Waals surface area contributed by atoms with Crippen molar-refractivity contribution in [2.24, 2.45) is 0 Å². The molecule has 0 bridgehead atoms. The Morgan fingerprint density at radius 2 is 2.00 bits per heavy atom. The zero-order valence-corrected chi connectivity index (χ0v) is 12.5. The van der Waals surface area contributed by atoms with Crippen molar-refractivity contribution in [2.75, 3.05) is 13.1 Å². The number of nitrogens with zero attached hydrogens (tertiary/aromatic N) is 1. The van der Waals surface area contributed by atoms with Gasteiger partial charge in [0.15, 0.2) is 0 Å². The van der Waals surface area contributed by atoms with Crippen molar-refractivity contribution in [1.82, 2.24) is 10.2 Å². The topological polar surface area (TPSA) is 58.6 Å². The number of halogens is 3. The fourth-order valence-corrected chi connectivity index (χ4v) is 2.50. The standard InChI is InChI=1S/C15H17F3N2O3/c1-2-12-14(22)19-7-8-20(12)13(21)9-10-3-5-11(6-4-10)23-15(16,17)18/h3-6,12H,2,7-9H2,1H3,(H,19,22). The van der Waals surface area contributed by atoms with Gasteiger partial charge in [0, 0.05) is 13.1 Å². The van der Waals surface area contributed by atoms with E-state index < -0.39 is 12.4 Å². The van der Waals surface area contributed by atoms with E-state index in [1.165, 1.54) is 17.0 Å². The second-order valence-electron chi connectivity index (χ2n) is 5.17. The molecule has 1 aliphatic heterocycles. The number of hydrogen-bond acceptors (Lipinski definition) is 3. The highest BCUT2D eigenvalue weighted by Gasteiger charge is 2.32. The molecule has 1 fully saturated rings. The molecule has 0 aromatic heterocycles. The van der Waals surface area contributed by atoms with Gasteiger partial charge in [0.25, 0.3) is 0 Å². The van der Waals surface area contributed by atoms with Crippen LogP contribution in [0.1, 0.15) is 18.9 Å². The van der Waals surface area contributed by atoms with Crippen LogP contribution in [0.15, 0.2) is 24.3 Å². The number of piperazine rings is 1. The molecule has 2 amide bonds. The molecule has 1 unspecified atom stereocenters. The van der Waals surface area contributed by atoms with Crippen LogP contribution in [0.2, 0.25) is 0 Å². The molecule has 5 nitrogen and oxygen atoms in total. The quantitative estimate of drug-likeness (QED) is 0.917. The smallest absolute Gasteiger partial charge is 0.406 e. The lowest BCUT2D eigenvalue weighted by Gasteiger charge is -2.34. The lowest BCUT2D eigenvalue weighted by Crippen LogP contribution is -2.57. The van der Waals surface area contributed by atoms with Crippen molar-refractivity contribution in [1.29, 1.82) is 0 Å². The number of alkyl halides is 3. The Hall–Kier alpha value is -2.25. The number of rotatable bonds is 4. The van der Waals surface area contributed by atoms with E-state index in [2.05, 4.69) is 10.1 Å². The Balaban J connectivity index is 2.01. The first kappa shape index (κ1) is 17.1. The third kappa shape index (κ3) is 4.61. The molecular formula is C15H17F3N2O3. The van der Waals surface area contributed by atoms with Gasteiger partial charge in [0.1, 0.15) is 11.8 Å². The molecule has 1 aromatic rings. The molecule has 1 aliphatic rings. The van der Waals surface area contributed by atoms with Crippen molar-refractivity contribution in [2.45, 2.75) is 32.2 Å². The largest absolute Gasteiger partial charge is 0.573 e. The second-order valence-corrected chi connectivity index (χ2v) is 5.17. The summed E-state index contributed by atoms with van der Waals surface area (Å²) in [6.45, 7) is 2.65. The second kappa shape index (κ2) is 6.89. The number of hydrogen-bond donors (Lipinski definition) is 1. The predicted molar refractivity (Wildman–Crippen MR) is 75.6 cm³/mol. The van der Waals surface area contributed by atoms with Crippen LogP contribution in [-0.4, -0.2) is 42.2 Å². The molecule has 1 saturated heterocycles. The lowest BCUT2D eigenvalue weighted by atomic mass is 10.1. The molecule has 0 radical (unpaired) electrons. The normalized spacial score (nSPS) is 18.5. The Labute approximate surface area is 131 Å². The van der Waals surface area contributed by atoms with Crippen LogP contribution in [0.3, 0.4) is 0 Å². The van der Waals surface area contributed by atoms with Gasteiger partial charge in [-0.3, -0.25) is 9.59 Å². The molecular weight excluding hydrogens is 313 g/mol. The fourth-order valence-electron chi connectivity index (χ4n) is 2.50. The van der Waals surface area contributed by atoms with Crippen LogP contribution in [-0.2, 0) is 16.0 Å². The van der Waals surface area contributed by atoms with Crippen LogP contribution in [0, 0.1) is 0 Å². The van der Waals surface area contributed by atoms with Gasteiger partial charge in [-0.25, -0.2) is 0 Å². The van der Waals surface area contributed by atoms with Crippen molar-refractivity contribution >= 4 is 11.8 Å². The minimum Gasteiger partial charge on any atom is -0.406 e. The Bertz CT molecular complexity index is 572. The van der Waals surface area contributed by atoms with E-state index in [-0.39, 0.29) is 24.0 Å². The summed E-state index contributed by atoms with van der Waals surface area (Å²) in [5, 5.41) is 2.71. The Kier molecular flexibility index (Phi) is 5.12. The molecule has 1 aromatic carbocycles. The van der Waals surface area contributed by atoms with Gasteiger partial charge in [0.2, 0.25) is 11.8 Å². The summed E-state index contributed by atoms with van der Waals surface area (Å²) >= 11 is 0. The highest BCUT2D eigenvalue weighted by molar-refractivity contribution is 5.89. The first-order valence-corrected chi connectivity index (χ1v) is 7.22. The van der Waals surface area contributed by atoms with Gasteiger partial charge in [-0.2, -0.15) is 0 Å². The zero-order valence-electron chi connectivity index (χ0n) is 12.5. The van der Waals surface area contributed by atoms with Crippen LogP contribution < -0.4 is 10.1 Å². The van der Waals surface area contributed by atoms with Crippen molar-refractivity contribution in [3.05, 3.63) is 29.8 Å². The number of carbonyl (C=O) groups excluding carboxylic acids is 2. The van der Waals surface area contributed by atoms with Gasteiger partial charge in [-0.1, -0.05) is 19.1 Å². The molecule has 1 N–H and O–H groups in total. The summed E-state index contributed by atoms with van der Waals surface area (Å²) in [6, 6.07) is 4.64. The number of ether oxygens (including phenoxy) is 1. The summed E-state index contributed by atoms with van der Waals surface area (Å²) < 4.78 is 40.1. The highest BCUT2D eigenvalue weighted by atomic mass is 19.4. The van der Waals surface area contributed by atoms with Gasteiger partial charge in [-0.15, -0.1) is 13.2 Å². The van der Waals surface area contributed by atoms with E-state index in [0.717, 1.165) is 12.1 Å². The molecule has 2 rings (SSSR count). The third-order valence-electron chi connectivity index (χ3n) is 3.55. The van der Waals surface area contributed by atoms with Gasteiger partial charge in [0.05, 0.1) is 6.42 Å². The molecule has 1 heterocycles. The van der Waals surface area contributed by atoms with Crippen molar-refractivity contribution in [3.63, 3.8) is 0 Å². The average molecular weight is 330 g/mol. The van der Waals surface area contributed by atoms with E-state index in [1.807, 2.05) is 6.92 Å². The minimum absolute atomic E-state index is 0.0239. The van der Waals surface area contributed by atoms with E-state index >= 15 is 0 Å². The monoisotopic (exact) mass is 330 g/mol. The summed E-state index contributed by atoms with van der Waals surface area (Å²) in [5.74, 6) is -0.741. The average Bonchev–Trinajstić information content (AvgIpc) is 2.47. The van der Waals surface area contributed by atoms with E-state index in [9.17, 15) is 22.8 Å². The van der Waals surface area contributed by atoms with Gasteiger partial charge in [-0.05, 0) is 24.1 Å². The van der Waals surface area contributed by atoms with Gasteiger partial charge >= 0.3 is 6.36 Å². The van der Waals surface area contributed by atoms with Crippen molar-refractivity contribution < 1.29 is 27.5 Å². The molecule has 0 saturated carbocycles. The maximum atomic E-state index is 12.3. The molecule has 8 heteroatoms. The molecule has 0 aliphatic carbocycles. The molecule has 23 heavy (non-hydrogen) atoms. The maximum Gasteiger partial charge on any atom is 0.573 e. The summed E-state index contributed by atoms with van der Waals surface area (Å²) in [6.07, 6.45) is -4.21. The number of benzene rings is 1. The summed E-state index contributed by atoms with van der Waals surface area (Å²) in [7, 11) is 0. The predicted octanol–water partition coefficient (Wildman–Crippen LogP) is 1.86. The van der Waals surface area contributed by atoms with Crippen molar-refractivity contribution in [3.8, 4) is 5.75 Å². The third-order valence-corrected chi connectivity index (χ3v) is 3.55. The van der Waals surface area contributed by atoms with Crippen LogP contribution in [0.25, 0.3) is 0 Å². The fraction of sp³-hybridized carbons (Fsp3) is 0.467. The van der Waals surface area contributed by atoms with E-state index in [4.69, 9.17) is 0 Å². The molecule has 126 valence electrons. The van der Waals surface area contributed by atoms with Crippen LogP contribution >= 0.6 is 0 Å². The lowest BCUT2D eigenvalue weighted by molar-refractivity contribution is -0.274. The van der Waals surface area contributed by atoms with Gasteiger partial charge < -0.3 is 15.0 Å². The van der Waals surface area contributed by atoms with E-state index in [0.29, 0.717) is 25.1 Å². The molecule has 1 atom stereocenters. The molecule has 0 spiro atoms. The Morgan fingerprint density at radius 1 is 1.35 bits per heavy atom. The number of carbonyl (C=O) groups is 2. The zero-order chi connectivity index (χ0) is 17.0. The maximum absolute atomic E-state index is 12.3. The van der Waals surface area contributed by atoms with Crippen LogP contribution in [0.5, 0.6) is 5.75 Å². The number of nitrogens with one attached hydrogen (secondary N) is 1. The first-order valence-electron chi connectivity index (χ1n) is 7.22. The summed E-state index contributed by atoms with van der Waals surface area (Å²) in [4.78, 5) is 25.6. The number of amides is 2. The SMILES string of the molecule is CCC1C(=O)NCCN1C(=O)Cc1ccc(OC(F)(F)F)cc1. The van der Waals surface area contributed by atoms with E-state index in [1.54, 1.807) is 0 Å². The first-order chi connectivity index (χ1) is 10.8. The minimum atomic E-state index is -4.74. The summed E-state index contributed by atoms with van der Waals surface area (Å²) in [5.41, 5.74) is 0.561. The highest BCUT2D eigenvalue weighted by Crippen LogP contribution is 2.23. The Morgan fingerprint density at radius 3 is 2.57 bits per heavy atom. The van der Waals surface area contributed by atoms with Crippen LogP contribution in [0.4, 0.5) is 13.2 Å².